The monoisotopic (exact) mass is 336 g/mol. The largest absolute Gasteiger partial charge is 0.388 e. The molecule has 116 valence electrons. The first-order valence-electron chi connectivity index (χ1n) is 6.92. The van der Waals surface area contributed by atoms with Gasteiger partial charge in [0, 0.05) is 6.54 Å². The zero-order valence-electron chi connectivity index (χ0n) is 12.1. The van der Waals surface area contributed by atoms with Gasteiger partial charge >= 0.3 is 0 Å². The summed E-state index contributed by atoms with van der Waals surface area (Å²) in [4.78, 5) is 5.53. The molecule has 2 N–H and O–H groups in total. The Balaban J connectivity index is 1.69. The molecule has 0 spiro atoms. The minimum atomic E-state index is -0.0988. The molecule has 3 aromatic rings. The number of aliphatic hydroxyl groups excluding tert-OH is 1. The smallest absolute Gasteiger partial charge is 0.191 e. The molecule has 0 aliphatic heterocycles. The van der Waals surface area contributed by atoms with E-state index in [4.69, 9.17) is 0 Å². The van der Waals surface area contributed by atoms with Gasteiger partial charge < -0.3 is 9.67 Å². The van der Waals surface area contributed by atoms with E-state index < -0.39 is 0 Å². The van der Waals surface area contributed by atoms with Gasteiger partial charge in [0.25, 0.3) is 0 Å². The minimum absolute atomic E-state index is 0.0988. The molecule has 0 saturated heterocycles. The summed E-state index contributed by atoms with van der Waals surface area (Å²) in [6.07, 6.45) is 0.962. The van der Waals surface area contributed by atoms with Gasteiger partial charge in [0.1, 0.15) is 12.4 Å². The lowest BCUT2D eigenvalue weighted by Crippen LogP contribution is -2.04. The van der Waals surface area contributed by atoms with E-state index in [1.165, 1.54) is 11.8 Å². The first-order valence-corrected chi connectivity index (χ1v) is 8.79. The molecule has 0 aliphatic rings. The molecule has 0 bridgehead atoms. The van der Waals surface area contributed by atoms with E-state index in [1.807, 2.05) is 22.1 Å². The molecule has 0 unspecified atom stereocenters. The van der Waals surface area contributed by atoms with Crippen molar-refractivity contribution in [2.75, 3.05) is 0 Å². The molecule has 3 heterocycles. The number of thiophene rings is 1. The minimum Gasteiger partial charge on any atom is -0.388 e. The van der Waals surface area contributed by atoms with Crippen LogP contribution < -0.4 is 0 Å². The van der Waals surface area contributed by atoms with Crippen molar-refractivity contribution in [1.29, 1.82) is 0 Å². The molecule has 3 aromatic heterocycles. The summed E-state index contributed by atoms with van der Waals surface area (Å²) in [5, 5.41) is 27.4. The van der Waals surface area contributed by atoms with E-state index in [2.05, 4.69) is 32.3 Å². The molecule has 7 nitrogen and oxygen atoms in total. The van der Waals surface area contributed by atoms with Crippen LogP contribution >= 0.6 is 23.1 Å². The highest BCUT2D eigenvalue weighted by molar-refractivity contribution is 7.98. The van der Waals surface area contributed by atoms with Crippen LogP contribution in [0, 0.1) is 0 Å². The van der Waals surface area contributed by atoms with Crippen molar-refractivity contribution in [3.63, 3.8) is 0 Å². The lowest BCUT2D eigenvalue weighted by Gasteiger charge is -2.06. The fraction of sp³-hybridized carbons (Fsp3) is 0.385. The topological polar surface area (TPSA) is 92.5 Å². The van der Waals surface area contributed by atoms with E-state index in [0.717, 1.165) is 34.6 Å². The summed E-state index contributed by atoms with van der Waals surface area (Å²) in [6.45, 7) is 2.78. The second-order valence-electron chi connectivity index (χ2n) is 4.58. The standard InChI is InChI=1S/C13H16N6OS2/c1-2-5-19-11(7-20)16-18-13(19)22-8-10-14-12(17-15-10)9-4-3-6-21-9/h3-4,6,20H,2,5,7-8H2,1H3,(H,14,15,17). The van der Waals surface area contributed by atoms with Gasteiger partial charge in [-0.25, -0.2) is 4.98 Å². The van der Waals surface area contributed by atoms with Crippen molar-refractivity contribution in [2.24, 2.45) is 0 Å². The summed E-state index contributed by atoms with van der Waals surface area (Å²) in [7, 11) is 0. The number of aliphatic hydroxyl groups is 1. The van der Waals surface area contributed by atoms with Gasteiger partial charge in [-0.1, -0.05) is 24.8 Å². The van der Waals surface area contributed by atoms with Crippen molar-refractivity contribution < 1.29 is 5.11 Å². The Morgan fingerprint density at radius 1 is 1.41 bits per heavy atom. The van der Waals surface area contributed by atoms with Crippen LogP contribution in [0.2, 0.25) is 0 Å². The van der Waals surface area contributed by atoms with Crippen LogP contribution in [0.4, 0.5) is 0 Å². The predicted octanol–water partition coefficient (Wildman–Crippen LogP) is 2.32. The maximum absolute atomic E-state index is 9.29. The van der Waals surface area contributed by atoms with Crippen LogP contribution in [-0.2, 0) is 18.9 Å². The molecule has 22 heavy (non-hydrogen) atoms. The van der Waals surface area contributed by atoms with Gasteiger partial charge in [0.15, 0.2) is 16.8 Å². The van der Waals surface area contributed by atoms with E-state index in [0.29, 0.717) is 11.6 Å². The van der Waals surface area contributed by atoms with Crippen molar-refractivity contribution >= 4 is 23.1 Å². The molecule has 0 radical (unpaired) electrons. The highest BCUT2D eigenvalue weighted by Crippen LogP contribution is 2.24. The van der Waals surface area contributed by atoms with E-state index in [1.54, 1.807) is 11.3 Å². The van der Waals surface area contributed by atoms with E-state index in [-0.39, 0.29) is 6.61 Å². The summed E-state index contributed by atoms with van der Waals surface area (Å²) in [6, 6.07) is 3.98. The van der Waals surface area contributed by atoms with Gasteiger partial charge in [-0.3, -0.25) is 5.10 Å². The number of aromatic amines is 1. The number of hydrogen-bond acceptors (Lipinski definition) is 7. The predicted molar refractivity (Wildman–Crippen MR) is 85.5 cm³/mol. The van der Waals surface area contributed by atoms with E-state index in [9.17, 15) is 5.11 Å². The Bertz CT molecular complexity index is 721. The first-order chi connectivity index (χ1) is 10.8. The highest BCUT2D eigenvalue weighted by Gasteiger charge is 2.13. The van der Waals surface area contributed by atoms with Crippen molar-refractivity contribution in [2.45, 2.75) is 37.4 Å². The molecule has 0 aliphatic carbocycles. The quantitative estimate of drug-likeness (QED) is 0.643. The molecule has 0 fully saturated rings. The van der Waals surface area contributed by atoms with Gasteiger partial charge in [0.2, 0.25) is 0 Å². The fourth-order valence-corrected chi connectivity index (χ4v) is 3.50. The van der Waals surface area contributed by atoms with Crippen LogP contribution in [0.25, 0.3) is 10.7 Å². The Kier molecular flexibility index (Phi) is 4.86. The molecule has 0 amide bonds. The summed E-state index contributed by atoms with van der Waals surface area (Å²) in [5.74, 6) is 2.74. The van der Waals surface area contributed by atoms with E-state index >= 15 is 0 Å². The van der Waals surface area contributed by atoms with Gasteiger partial charge in [-0.2, -0.15) is 5.10 Å². The Labute approximate surface area is 135 Å². The number of aromatic nitrogens is 6. The van der Waals surface area contributed by atoms with Crippen molar-refractivity contribution in [3.05, 3.63) is 29.2 Å². The van der Waals surface area contributed by atoms with Crippen LogP contribution in [0.3, 0.4) is 0 Å². The second-order valence-corrected chi connectivity index (χ2v) is 6.47. The summed E-state index contributed by atoms with van der Waals surface area (Å²) >= 11 is 3.15. The number of rotatable bonds is 7. The normalized spacial score (nSPS) is 11.2. The Morgan fingerprint density at radius 2 is 2.32 bits per heavy atom. The number of thioether (sulfide) groups is 1. The van der Waals surface area contributed by atoms with Gasteiger partial charge in [-0.15, -0.1) is 21.5 Å². The second kappa shape index (κ2) is 7.03. The number of hydrogen-bond donors (Lipinski definition) is 2. The lowest BCUT2D eigenvalue weighted by molar-refractivity contribution is 0.263. The third-order valence-electron chi connectivity index (χ3n) is 2.99. The maximum Gasteiger partial charge on any atom is 0.191 e. The average molecular weight is 336 g/mol. The molecule has 0 aromatic carbocycles. The number of H-pyrrole nitrogens is 1. The van der Waals surface area contributed by atoms with Gasteiger partial charge in [-0.05, 0) is 17.9 Å². The van der Waals surface area contributed by atoms with Gasteiger partial charge in [0.05, 0.1) is 10.6 Å². The number of nitrogens with zero attached hydrogens (tertiary/aromatic N) is 5. The zero-order chi connectivity index (χ0) is 15.4. The molecule has 0 atom stereocenters. The summed E-state index contributed by atoms with van der Waals surface area (Å²) < 4.78 is 1.95. The fourth-order valence-electron chi connectivity index (χ4n) is 2.00. The molecular formula is C13H16N6OS2. The molecule has 0 saturated carbocycles. The Morgan fingerprint density at radius 3 is 3.05 bits per heavy atom. The third kappa shape index (κ3) is 3.21. The van der Waals surface area contributed by atoms with Crippen LogP contribution in [-0.4, -0.2) is 35.1 Å². The average Bonchev–Trinajstić information content (AvgIpc) is 3.26. The molecular weight excluding hydrogens is 320 g/mol. The molecule has 9 heteroatoms. The summed E-state index contributed by atoms with van der Waals surface area (Å²) in [5.41, 5.74) is 0. The third-order valence-corrected chi connectivity index (χ3v) is 4.84. The number of nitrogens with one attached hydrogen (secondary N) is 1. The SMILES string of the molecule is CCCn1c(CO)nnc1SCc1nc(-c2cccs2)n[nH]1. The van der Waals surface area contributed by atoms with Crippen LogP contribution in [0.15, 0.2) is 22.7 Å². The van der Waals surface area contributed by atoms with Crippen LogP contribution in [0.5, 0.6) is 0 Å². The van der Waals surface area contributed by atoms with Crippen molar-refractivity contribution in [1.82, 2.24) is 29.9 Å². The maximum atomic E-state index is 9.29. The lowest BCUT2D eigenvalue weighted by atomic mass is 10.4. The highest BCUT2D eigenvalue weighted by atomic mass is 32.2. The molecule has 3 rings (SSSR count). The zero-order valence-corrected chi connectivity index (χ0v) is 13.7. The van der Waals surface area contributed by atoms with Crippen molar-refractivity contribution in [3.8, 4) is 10.7 Å². The first kappa shape index (κ1) is 15.2. The van der Waals surface area contributed by atoms with Crippen LogP contribution in [0.1, 0.15) is 25.0 Å². The Hall–Kier alpha value is -1.71.